The fraction of sp³-hybridized carbons (Fsp3) is 0.455. The maximum absolute atomic E-state index is 12.9. The molecule has 0 bridgehead atoms. The summed E-state index contributed by atoms with van der Waals surface area (Å²) in [5.41, 5.74) is 1.40. The second kappa shape index (κ2) is 9.09. The van der Waals surface area contributed by atoms with Gasteiger partial charge in [-0.2, -0.15) is 5.10 Å². The number of nitrogens with one attached hydrogen (secondary N) is 2. The highest BCUT2D eigenvalue weighted by molar-refractivity contribution is 6.34. The first-order valence-corrected chi connectivity index (χ1v) is 10.5. The van der Waals surface area contributed by atoms with E-state index in [0.29, 0.717) is 30.8 Å². The van der Waals surface area contributed by atoms with Gasteiger partial charge in [-0.05, 0) is 57.7 Å². The van der Waals surface area contributed by atoms with Crippen LogP contribution in [0.2, 0.25) is 5.02 Å². The Kier molecular flexibility index (Phi) is 6.69. The van der Waals surface area contributed by atoms with E-state index in [1.807, 2.05) is 4.68 Å². The molecule has 1 aromatic carbocycles. The smallest absolute Gasteiger partial charge is 0.340 e. The number of carbonyl (C=O) groups is 3. The zero-order chi connectivity index (χ0) is 22.8. The van der Waals surface area contributed by atoms with Crippen molar-refractivity contribution in [3.63, 3.8) is 0 Å². The highest BCUT2D eigenvalue weighted by Gasteiger charge is 2.26. The molecule has 3 rings (SSSR count). The Morgan fingerprint density at radius 1 is 1.26 bits per heavy atom. The molecule has 2 heterocycles. The third kappa shape index (κ3) is 5.85. The van der Waals surface area contributed by atoms with Crippen LogP contribution in [0.1, 0.15) is 60.5 Å². The number of anilines is 1. The van der Waals surface area contributed by atoms with Gasteiger partial charge in [0.25, 0.3) is 5.91 Å². The molecule has 1 aromatic heterocycles. The first kappa shape index (κ1) is 22.8. The molecule has 2 aromatic rings. The first-order chi connectivity index (χ1) is 14.5. The van der Waals surface area contributed by atoms with Gasteiger partial charge in [0.05, 0.1) is 28.0 Å². The van der Waals surface area contributed by atoms with Crippen LogP contribution in [-0.2, 0) is 22.5 Å². The fourth-order valence-electron chi connectivity index (χ4n) is 3.44. The van der Waals surface area contributed by atoms with Crippen molar-refractivity contribution in [3.05, 3.63) is 46.2 Å². The number of hydrogen-bond acceptors (Lipinski definition) is 5. The number of aryl methyl sites for hydroxylation is 1. The number of aromatic nitrogens is 2. The van der Waals surface area contributed by atoms with Crippen LogP contribution in [-0.4, -0.2) is 39.7 Å². The van der Waals surface area contributed by atoms with Gasteiger partial charge >= 0.3 is 5.97 Å². The minimum atomic E-state index is -0.632. The second-order valence-corrected chi connectivity index (χ2v) is 9.08. The molecule has 1 atom stereocenters. The minimum absolute atomic E-state index is 0.0660. The number of amides is 2. The molecule has 166 valence electrons. The summed E-state index contributed by atoms with van der Waals surface area (Å²) >= 11 is 6.25. The van der Waals surface area contributed by atoms with Gasteiger partial charge in [0.15, 0.2) is 0 Å². The van der Waals surface area contributed by atoms with Crippen molar-refractivity contribution in [2.75, 3.05) is 11.9 Å². The Labute approximate surface area is 186 Å². The van der Waals surface area contributed by atoms with E-state index in [4.69, 9.17) is 16.3 Å². The summed E-state index contributed by atoms with van der Waals surface area (Å²) in [5, 5.41) is 10.2. The zero-order valence-corrected chi connectivity index (χ0v) is 18.9. The molecule has 2 amide bonds. The number of fused-ring (bicyclic) bond motifs is 1. The molecule has 9 heteroatoms. The highest BCUT2D eigenvalue weighted by Crippen LogP contribution is 2.26. The molecule has 0 fully saturated rings. The minimum Gasteiger partial charge on any atom is -0.456 e. The Hall–Kier alpha value is -2.87. The molecular weight excluding hydrogens is 420 g/mol. The summed E-state index contributed by atoms with van der Waals surface area (Å²) in [4.78, 5) is 36.3. The topological polar surface area (TPSA) is 102 Å². The van der Waals surface area contributed by atoms with Gasteiger partial charge in [-0.3, -0.25) is 14.3 Å². The Morgan fingerprint density at radius 2 is 2.00 bits per heavy atom. The van der Waals surface area contributed by atoms with Crippen molar-refractivity contribution in [2.24, 2.45) is 5.92 Å². The lowest BCUT2D eigenvalue weighted by molar-refractivity contribution is -0.119. The van der Waals surface area contributed by atoms with Gasteiger partial charge in [0.2, 0.25) is 5.91 Å². The second-order valence-electron chi connectivity index (χ2n) is 8.67. The summed E-state index contributed by atoms with van der Waals surface area (Å²) in [5.74, 6) is -0.639. The molecule has 0 saturated carbocycles. The van der Waals surface area contributed by atoms with Crippen LogP contribution in [0.4, 0.5) is 5.69 Å². The molecule has 0 spiro atoms. The number of hydrogen-bond donors (Lipinski definition) is 2. The van der Waals surface area contributed by atoms with Crippen molar-refractivity contribution in [2.45, 2.75) is 52.7 Å². The Morgan fingerprint density at radius 3 is 2.65 bits per heavy atom. The SMILES string of the molecule is CC(=O)NCC1CCn2ncc(C(=O)Nc3ccc(C(=O)OC(C)(C)C)c(Cl)c3)c2C1. The van der Waals surface area contributed by atoms with Crippen molar-refractivity contribution >= 4 is 35.1 Å². The number of nitrogens with zero attached hydrogens (tertiary/aromatic N) is 2. The van der Waals surface area contributed by atoms with Gasteiger partial charge in [-0.25, -0.2) is 4.79 Å². The standard InChI is InChI=1S/C22H27ClN4O4/c1-13(28)24-11-14-7-8-27-19(9-14)17(12-25-27)20(29)26-15-5-6-16(18(23)10-15)21(30)31-22(2,3)4/h5-6,10,12,14H,7-9,11H2,1-4H3,(H,24,28)(H,26,29). The lowest BCUT2D eigenvalue weighted by Gasteiger charge is -2.24. The van der Waals surface area contributed by atoms with Crippen molar-refractivity contribution < 1.29 is 19.1 Å². The molecule has 1 aliphatic rings. The fourth-order valence-corrected chi connectivity index (χ4v) is 3.70. The van der Waals surface area contributed by atoms with E-state index in [0.717, 1.165) is 12.1 Å². The molecular formula is C22H27ClN4O4. The predicted molar refractivity (Wildman–Crippen MR) is 117 cm³/mol. The normalized spacial score (nSPS) is 15.7. The maximum Gasteiger partial charge on any atom is 0.340 e. The van der Waals surface area contributed by atoms with E-state index >= 15 is 0 Å². The number of halogens is 1. The summed E-state index contributed by atoms with van der Waals surface area (Å²) in [6, 6.07) is 4.66. The van der Waals surface area contributed by atoms with Crippen LogP contribution in [0, 0.1) is 5.92 Å². The largest absolute Gasteiger partial charge is 0.456 e. The van der Waals surface area contributed by atoms with Crippen molar-refractivity contribution in [1.29, 1.82) is 0 Å². The quantitative estimate of drug-likeness (QED) is 0.685. The van der Waals surface area contributed by atoms with Crippen LogP contribution < -0.4 is 10.6 Å². The zero-order valence-electron chi connectivity index (χ0n) is 18.1. The van der Waals surface area contributed by atoms with E-state index in [1.54, 1.807) is 33.0 Å². The molecule has 0 saturated heterocycles. The van der Waals surface area contributed by atoms with Crippen molar-refractivity contribution in [3.8, 4) is 0 Å². The predicted octanol–water partition coefficient (Wildman–Crippen LogP) is 3.44. The Bertz CT molecular complexity index is 1010. The molecule has 2 N–H and O–H groups in total. The third-order valence-corrected chi connectivity index (χ3v) is 5.22. The molecule has 31 heavy (non-hydrogen) atoms. The van der Waals surface area contributed by atoms with Gasteiger partial charge < -0.3 is 15.4 Å². The average Bonchev–Trinajstić information content (AvgIpc) is 3.08. The molecule has 1 unspecified atom stereocenters. The number of carbonyl (C=O) groups excluding carboxylic acids is 3. The lowest BCUT2D eigenvalue weighted by atomic mass is 9.94. The number of rotatable bonds is 5. The van der Waals surface area contributed by atoms with Crippen LogP contribution in [0.15, 0.2) is 24.4 Å². The molecule has 1 aliphatic heterocycles. The van der Waals surface area contributed by atoms with Crippen LogP contribution in [0.5, 0.6) is 0 Å². The van der Waals surface area contributed by atoms with Gasteiger partial charge in [0, 0.05) is 25.7 Å². The average molecular weight is 447 g/mol. The van der Waals surface area contributed by atoms with E-state index < -0.39 is 11.6 Å². The van der Waals surface area contributed by atoms with E-state index in [2.05, 4.69) is 15.7 Å². The lowest BCUT2D eigenvalue weighted by Crippen LogP contribution is -2.32. The first-order valence-electron chi connectivity index (χ1n) is 10.2. The summed E-state index contributed by atoms with van der Waals surface area (Å²) in [6.07, 6.45) is 3.10. The maximum atomic E-state index is 12.9. The van der Waals surface area contributed by atoms with E-state index in [-0.39, 0.29) is 28.3 Å². The van der Waals surface area contributed by atoms with Gasteiger partial charge in [0.1, 0.15) is 5.60 Å². The van der Waals surface area contributed by atoms with Gasteiger partial charge in [-0.15, -0.1) is 0 Å². The number of ether oxygens (including phenoxy) is 1. The highest BCUT2D eigenvalue weighted by atomic mass is 35.5. The Balaban J connectivity index is 1.70. The van der Waals surface area contributed by atoms with Gasteiger partial charge in [-0.1, -0.05) is 11.6 Å². The van der Waals surface area contributed by atoms with Crippen molar-refractivity contribution in [1.82, 2.24) is 15.1 Å². The number of benzene rings is 1. The van der Waals surface area contributed by atoms with Crippen LogP contribution in [0.25, 0.3) is 0 Å². The molecule has 0 radical (unpaired) electrons. The van der Waals surface area contributed by atoms with E-state index in [1.165, 1.54) is 19.1 Å². The van der Waals surface area contributed by atoms with Crippen LogP contribution in [0.3, 0.4) is 0 Å². The van der Waals surface area contributed by atoms with E-state index in [9.17, 15) is 14.4 Å². The summed E-state index contributed by atoms with van der Waals surface area (Å²) < 4.78 is 7.17. The van der Waals surface area contributed by atoms with Crippen LogP contribution >= 0.6 is 11.6 Å². The molecule has 0 aliphatic carbocycles. The summed E-state index contributed by atoms with van der Waals surface area (Å²) in [6.45, 7) is 8.10. The number of esters is 1. The molecule has 8 nitrogen and oxygen atoms in total. The monoisotopic (exact) mass is 446 g/mol. The third-order valence-electron chi connectivity index (χ3n) is 4.91. The summed E-state index contributed by atoms with van der Waals surface area (Å²) in [7, 11) is 0.